The van der Waals surface area contributed by atoms with Gasteiger partial charge in [0.05, 0.1) is 26.4 Å². The fourth-order valence-electron chi connectivity index (χ4n) is 4.29. The van der Waals surface area contributed by atoms with E-state index in [1.165, 1.54) is 6.33 Å². The summed E-state index contributed by atoms with van der Waals surface area (Å²) in [5.41, 5.74) is 1.94. The number of morpholine rings is 1. The number of nitrogens with zero attached hydrogens (tertiary/aromatic N) is 8. The molecule has 37 heavy (non-hydrogen) atoms. The zero-order chi connectivity index (χ0) is 25.7. The number of hydrogen-bond acceptors (Lipinski definition) is 11. The summed E-state index contributed by atoms with van der Waals surface area (Å²) in [4.78, 5) is 22.2. The molecule has 15 heteroatoms. The number of ether oxygens (including phenoxy) is 2. The van der Waals surface area contributed by atoms with Gasteiger partial charge in [0, 0.05) is 52.0 Å². The van der Waals surface area contributed by atoms with Gasteiger partial charge in [-0.2, -0.15) is 23.3 Å². The van der Waals surface area contributed by atoms with E-state index in [9.17, 15) is 13.2 Å². The van der Waals surface area contributed by atoms with Crippen molar-refractivity contribution in [2.45, 2.75) is 19.3 Å². The summed E-state index contributed by atoms with van der Waals surface area (Å²) in [5.74, 6) is 1.55. The number of rotatable bonds is 9. The average molecular weight is 523 g/mol. The first kappa shape index (κ1) is 25.5. The molecule has 2 saturated heterocycles. The van der Waals surface area contributed by atoms with Crippen LogP contribution in [0.3, 0.4) is 0 Å². The fourth-order valence-corrected chi connectivity index (χ4v) is 4.29. The van der Waals surface area contributed by atoms with E-state index in [1.807, 2.05) is 0 Å². The number of hydrogen-bond donors (Lipinski definition) is 2. The summed E-state index contributed by atoms with van der Waals surface area (Å²) in [6.07, 6.45) is -1.37. The standard InChI is InChI=1S/C22H29F3N10O2/c23-22(24,25)14-37-12-9-35-19-18(16(32-35)13-33-7-10-36-11-8-33)30-21(34-5-3-26-4-6-34)31-20(19)29-17-1-2-27-15-28-17/h1-2,15,26H,3-14H2,(H,27,28,29,30,31). The van der Waals surface area contributed by atoms with Crippen molar-refractivity contribution in [3.05, 3.63) is 24.3 Å². The lowest BCUT2D eigenvalue weighted by Crippen LogP contribution is -2.44. The molecule has 0 spiro atoms. The van der Waals surface area contributed by atoms with Crippen molar-refractivity contribution in [3.8, 4) is 0 Å². The SMILES string of the molecule is FC(F)(F)COCCn1nc(CN2CCOCC2)c2nc(N3CCNCC3)nc(Nc3ccncn3)c21. The Morgan fingerprint density at radius 2 is 1.92 bits per heavy atom. The molecule has 0 bridgehead atoms. The second-order valence-electron chi connectivity index (χ2n) is 8.75. The molecule has 2 N–H and O–H groups in total. The third-order valence-electron chi connectivity index (χ3n) is 6.06. The molecule has 12 nitrogen and oxygen atoms in total. The van der Waals surface area contributed by atoms with Gasteiger partial charge in [0.2, 0.25) is 5.95 Å². The van der Waals surface area contributed by atoms with E-state index in [0.29, 0.717) is 48.4 Å². The minimum Gasteiger partial charge on any atom is -0.379 e. The Bertz CT molecular complexity index is 1160. The molecule has 5 rings (SSSR count). The van der Waals surface area contributed by atoms with Gasteiger partial charge in [-0.15, -0.1) is 0 Å². The summed E-state index contributed by atoms with van der Waals surface area (Å²) < 4.78 is 49.8. The molecular formula is C22H29F3N10O2. The molecule has 3 aromatic rings. The number of halogens is 3. The highest BCUT2D eigenvalue weighted by Crippen LogP contribution is 2.29. The van der Waals surface area contributed by atoms with Crippen LogP contribution in [0.5, 0.6) is 0 Å². The highest BCUT2D eigenvalue weighted by atomic mass is 19.4. The van der Waals surface area contributed by atoms with E-state index in [-0.39, 0.29) is 13.2 Å². The van der Waals surface area contributed by atoms with Crippen LogP contribution in [0.2, 0.25) is 0 Å². The number of alkyl halides is 3. The maximum atomic E-state index is 12.6. The van der Waals surface area contributed by atoms with E-state index >= 15 is 0 Å². The number of aromatic nitrogens is 6. The van der Waals surface area contributed by atoms with Crippen LogP contribution in [0, 0.1) is 0 Å². The minimum absolute atomic E-state index is 0.102. The van der Waals surface area contributed by atoms with Gasteiger partial charge >= 0.3 is 6.18 Å². The highest BCUT2D eigenvalue weighted by molar-refractivity contribution is 5.90. The summed E-state index contributed by atoms with van der Waals surface area (Å²) in [5, 5.41) is 11.3. The van der Waals surface area contributed by atoms with Gasteiger partial charge in [-0.3, -0.25) is 9.58 Å². The Hall–Kier alpha value is -3.14. The van der Waals surface area contributed by atoms with Crippen LogP contribution in [-0.4, -0.2) is 106 Å². The van der Waals surface area contributed by atoms with Crippen molar-refractivity contribution < 1.29 is 22.6 Å². The predicted molar refractivity (Wildman–Crippen MR) is 129 cm³/mol. The van der Waals surface area contributed by atoms with Gasteiger partial charge in [-0.1, -0.05) is 0 Å². The molecule has 0 unspecified atom stereocenters. The third-order valence-corrected chi connectivity index (χ3v) is 6.06. The molecule has 200 valence electrons. The van der Waals surface area contributed by atoms with Crippen molar-refractivity contribution in [1.82, 2.24) is 39.9 Å². The molecular weight excluding hydrogens is 493 g/mol. The lowest BCUT2D eigenvalue weighted by molar-refractivity contribution is -0.174. The van der Waals surface area contributed by atoms with Gasteiger partial charge < -0.3 is 25.0 Å². The monoisotopic (exact) mass is 522 g/mol. The van der Waals surface area contributed by atoms with Gasteiger partial charge in [-0.25, -0.2) is 15.0 Å². The van der Waals surface area contributed by atoms with Crippen molar-refractivity contribution in [2.24, 2.45) is 0 Å². The molecule has 0 aromatic carbocycles. The Balaban J connectivity index is 1.54. The van der Waals surface area contributed by atoms with E-state index in [2.05, 4.69) is 30.4 Å². The first-order chi connectivity index (χ1) is 18.0. The van der Waals surface area contributed by atoms with E-state index in [4.69, 9.17) is 24.5 Å². The smallest absolute Gasteiger partial charge is 0.379 e. The maximum absolute atomic E-state index is 12.6. The van der Waals surface area contributed by atoms with E-state index < -0.39 is 12.8 Å². The molecule has 3 aromatic heterocycles. The topological polar surface area (TPSA) is 118 Å². The Labute approximate surface area is 211 Å². The number of anilines is 3. The van der Waals surface area contributed by atoms with E-state index in [0.717, 1.165) is 45.0 Å². The number of fused-ring (bicyclic) bond motifs is 1. The van der Waals surface area contributed by atoms with Crippen LogP contribution < -0.4 is 15.5 Å². The molecule has 0 aliphatic carbocycles. The van der Waals surface area contributed by atoms with E-state index in [1.54, 1.807) is 16.9 Å². The minimum atomic E-state index is -4.39. The third kappa shape index (κ3) is 6.60. The summed E-state index contributed by atoms with van der Waals surface area (Å²) in [7, 11) is 0. The van der Waals surface area contributed by atoms with Crippen molar-refractivity contribution in [3.63, 3.8) is 0 Å². The fraction of sp³-hybridized carbons (Fsp3) is 0.591. The number of piperazine rings is 1. The van der Waals surface area contributed by atoms with Gasteiger partial charge in [0.25, 0.3) is 0 Å². The maximum Gasteiger partial charge on any atom is 0.411 e. The van der Waals surface area contributed by atoms with Crippen LogP contribution in [-0.2, 0) is 22.6 Å². The Kier molecular flexibility index (Phi) is 7.93. The summed E-state index contributed by atoms with van der Waals surface area (Å²) in [6, 6.07) is 1.71. The Morgan fingerprint density at radius 3 is 2.65 bits per heavy atom. The van der Waals surface area contributed by atoms with Gasteiger partial charge in [0.1, 0.15) is 35.5 Å². The van der Waals surface area contributed by atoms with Crippen LogP contribution >= 0.6 is 0 Å². The molecule has 2 aliphatic heterocycles. The normalized spacial score (nSPS) is 17.4. The first-order valence-corrected chi connectivity index (χ1v) is 12.2. The van der Waals surface area contributed by atoms with Crippen LogP contribution in [0.15, 0.2) is 18.6 Å². The largest absolute Gasteiger partial charge is 0.411 e. The summed E-state index contributed by atoms with van der Waals surface area (Å²) >= 11 is 0. The van der Waals surface area contributed by atoms with Gasteiger partial charge in [0.15, 0.2) is 5.82 Å². The zero-order valence-electron chi connectivity index (χ0n) is 20.2. The molecule has 0 amide bonds. The lowest BCUT2D eigenvalue weighted by atomic mass is 10.3. The second kappa shape index (κ2) is 11.5. The number of nitrogens with one attached hydrogen (secondary N) is 2. The van der Waals surface area contributed by atoms with Crippen molar-refractivity contribution >= 4 is 28.6 Å². The first-order valence-electron chi connectivity index (χ1n) is 12.2. The zero-order valence-corrected chi connectivity index (χ0v) is 20.2. The molecule has 0 atom stereocenters. The van der Waals surface area contributed by atoms with Crippen LogP contribution in [0.4, 0.5) is 30.8 Å². The second-order valence-corrected chi connectivity index (χ2v) is 8.75. The molecule has 0 saturated carbocycles. The predicted octanol–water partition coefficient (Wildman–Crippen LogP) is 1.18. The molecule has 2 aliphatic rings. The van der Waals surface area contributed by atoms with Gasteiger partial charge in [-0.05, 0) is 6.07 Å². The highest BCUT2D eigenvalue weighted by Gasteiger charge is 2.28. The van der Waals surface area contributed by atoms with Crippen LogP contribution in [0.1, 0.15) is 5.69 Å². The Morgan fingerprint density at radius 1 is 1.11 bits per heavy atom. The molecule has 0 radical (unpaired) electrons. The van der Waals surface area contributed by atoms with Crippen LogP contribution in [0.25, 0.3) is 11.0 Å². The van der Waals surface area contributed by atoms with Crippen molar-refractivity contribution in [1.29, 1.82) is 0 Å². The van der Waals surface area contributed by atoms with Crippen molar-refractivity contribution in [2.75, 3.05) is 75.9 Å². The average Bonchev–Trinajstić information content (AvgIpc) is 3.25. The lowest BCUT2D eigenvalue weighted by Gasteiger charge is -2.28. The summed E-state index contributed by atoms with van der Waals surface area (Å²) in [6.45, 7) is 5.03. The molecule has 5 heterocycles. The quantitative estimate of drug-likeness (QED) is 0.395. The molecule has 2 fully saturated rings.